The zero-order valence-corrected chi connectivity index (χ0v) is 7.83. The fraction of sp³-hybridized carbons (Fsp3) is 1.00. The zero-order chi connectivity index (χ0) is 7.33. The Bertz CT molecular complexity index is 69.3. The summed E-state index contributed by atoms with van der Waals surface area (Å²) in [5.74, 6) is 0. The topological polar surface area (TPSA) is 23.8 Å². The van der Waals surface area contributed by atoms with Crippen LogP contribution >= 0.6 is 0 Å². The van der Waals surface area contributed by atoms with Crippen LogP contribution in [0.15, 0.2) is 0 Å². The molecule has 0 aromatic rings. The van der Waals surface area contributed by atoms with Gasteiger partial charge >= 0.3 is 0 Å². The van der Waals surface area contributed by atoms with E-state index in [1.54, 1.807) is 0 Å². The van der Waals surface area contributed by atoms with Gasteiger partial charge in [-0.15, -0.1) is 0 Å². The van der Waals surface area contributed by atoms with E-state index in [2.05, 4.69) is 20.8 Å². The van der Waals surface area contributed by atoms with Crippen molar-refractivity contribution in [3.63, 3.8) is 0 Å². The van der Waals surface area contributed by atoms with Crippen molar-refractivity contribution in [3.05, 3.63) is 0 Å². The van der Waals surface area contributed by atoms with Gasteiger partial charge in [-0.3, -0.25) is 5.40 Å². The van der Waals surface area contributed by atoms with Gasteiger partial charge in [-0.1, -0.05) is 27.2 Å². The molecule has 0 spiro atoms. The second-order valence-electron chi connectivity index (χ2n) is 2.74. The number of hydrogen-bond acceptors (Lipinski definition) is 0. The maximum atomic E-state index is 7.96. The maximum Gasteiger partial charge on any atom is 0.140 e. The molecule has 0 fully saturated rings. The van der Waals surface area contributed by atoms with Gasteiger partial charge in [-0.25, -0.2) is 0 Å². The van der Waals surface area contributed by atoms with Crippen LogP contribution in [-0.2, 0) is 0 Å². The standard InChI is InChI=1S/C7H18NSi/c1-4-7-9(8,5-2)6-3/h8H,4-7H2,1-3H3. The summed E-state index contributed by atoms with van der Waals surface area (Å²) in [4.78, 5) is 0. The Balaban J connectivity index is 3.62. The minimum atomic E-state index is -1.45. The van der Waals surface area contributed by atoms with Crippen molar-refractivity contribution in [1.82, 2.24) is 5.40 Å². The highest BCUT2D eigenvalue weighted by Crippen LogP contribution is 2.16. The molecule has 9 heavy (non-hydrogen) atoms. The monoisotopic (exact) mass is 144 g/mol. The molecule has 0 aliphatic carbocycles. The van der Waals surface area contributed by atoms with Crippen LogP contribution in [0.25, 0.3) is 0 Å². The van der Waals surface area contributed by atoms with Gasteiger partial charge in [0.1, 0.15) is 8.24 Å². The second-order valence-corrected chi connectivity index (χ2v) is 7.21. The van der Waals surface area contributed by atoms with Crippen LogP contribution in [0.5, 0.6) is 0 Å². The van der Waals surface area contributed by atoms with Crippen LogP contribution in [0, 0.1) is 0 Å². The molecule has 0 saturated heterocycles. The molecule has 0 atom stereocenters. The normalized spacial score (nSPS) is 12.0. The SMILES string of the molecule is CCC[Si]([NH])(CC)CC. The van der Waals surface area contributed by atoms with Crippen molar-refractivity contribution >= 4 is 8.24 Å². The van der Waals surface area contributed by atoms with E-state index in [1.165, 1.54) is 12.5 Å². The van der Waals surface area contributed by atoms with E-state index in [0.29, 0.717) is 0 Å². The average Bonchev–Trinajstić information content (AvgIpc) is 1.89. The largest absolute Gasteiger partial charge is 0.285 e. The van der Waals surface area contributed by atoms with Crippen LogP contribution in [0.3, 0.4) is 0 Å². The Morgan fingerprint density at radius 2 is 1.56 bits per heavy atom. The summed E-state index contributed by atoms with van der Waals surface area (Å²) >= 11 is 0. The van der Waals surface area contributed by atoms with Crippen LogP contribution < -0.4 is 5.40 Å². The van der Waals surface area contributed by atoms with Gasteiger partial charge in [0.2, 0.25) is 0 Å². The first-order valence-corrected chi connectivity index (χ1v) is 6.55. The summed E-state index contributed by atoms with van der Waals surface area (Å²) < 4.78 is 0. The van der Waals surface area contributed by atoms with Crippen LogP contribution in [0.1, 0.15) is 27.2 Å². The molecular weight excluding hydrogens is 126 g/mol. The molecule has 1 radical (unpaired) electrons. The number of hydrogen-bond donors (Lipinski definition) is 0. The van der Waals surface area contributed by atoms with Crippen molar-refractivity contribution in [2.24, 2.45) is 0 Å². The third-order valence-electron chi connectivity index (χ3n) is 2.08. The minimum absolute atomic E-state index is 1.14. The maximum absolute atomic E-state index is 7.96. The molecule has 0 aliphatic rings. The smallest absolute Gasteiger partial charge is 0.140 e. The quantitative estimate of drug-likeness (QED) is 0.542. The molecule has 55 valence electrons. The molecule has 0 amide bonds. The molecule has 0 saturated carbocycles. The molecule has 0 rings (SSSR count). The van der Waals surface area contributed by atoms with E-state index in [-0.39, 0.29) is 0 Å². The van der Waals surface area contributed by atoms with E-state index < -0.39 is 8.24 Å². The van der Waals surface area contributed by atoms with Crippen LogP contribution in [0.2, 0.25) is 18.1 Å². The van der Waals surface area contributed by atoms with Gasteiger partial charge in [-0.05, 0) is 18.1 Å². The van der Waals surface area contributed by atoms with Crippen molar-refractivity contribution in [1.29, 1.82) is 0 Å². The molecule has 2 heteroatoms. The first-order valence-electron chi connectivity index (χ1n) is 3.93. The van der Waals surface area contributed by atoms with E-state index in [1.807, 2.05) is 0 Å². The van der Waals surface area contributed by atoms with Gasteiger partial charge in [0.15, 0.2) is 0 Å². The Morgan fingerprint density at radius 3 is 1.67 bits per heavy atom. The molecule has 0 aliphatic heterocycles. The predicted molar refractivity (Wildman–Crippen MR) is 44.9 cm³/mol. The summed E-state index contributed by atoms with van der Waals surface area (Å²) in [5, 5.41) is 7.96. The molecule has 1 N–H and O–H groups in total. The highest BCUT2D eigenvalue weighted by Gasteiger charge is 2.22. The van der Waals surface area contributed by atoms with Crippen molar-refractivity contribution < 1.29 is 0 Å². The van der Waals surface area contributed by atoms with Crippen molar-refractivity contribution in [2.75, 3.05) is 0 Å². The fourth-order valence-electron chi connectivity index (χ4n) is 1.08. The predicted octanol–water partition coefficient (Wildman–Crippen LogP) is 2.66. The van der Waals surface area contributed by atoms with E-state index in [0.717, 1.165) is 12.1 Å². The van der Waals surface area contributed by atoms with Gasteiger partial charge in [0.25, 0.3) is 0 Å². The molecule has 0 unspecified atom stereocenters. The Kier molecular flexibility index (Phi) is 4.15. The zero-order valence-electron chi connectivity index (χ0n) is 6.83. The lowest BCUT2D eigenvalue weighted by atomic mass is 10.6. The fourth-order valence-corrected chi connectivity index (χ4v) is 3.25. The van der Waals surface area contributed by atoms with Crippen molar-refractivity contribution in [3.8, 4) is 0 Å². The molecule has 1 nitrogen and oxygen atoms in total. The number of rotatable bonds is 4. The van der Waals surface area contributed by atoms with Gasteiger partial charge < -0.3 is 0 Å². The summed E-state index contributed by atoms with van der Waals surface area (Å²) in [6.07, 6.45) is 1.21. The average molecular weight is 144 g/mol. The summed E-state index contributed by atoms with van der Waals surface area (Å²) in [6, 6.07) is 3.47. The van der Waals surface area contributed by atoms with Crippen LogP contribution in [0.4, 0.5) is 0 Å². The second kappa shape index (κ2) is 4.07. The Hall–Kier alpha value is 0.177. The molecule has 0 aromatic heterocycles. The lowest BCUT2D eigenvalue weighted by Gasteiger charge is -2.20. The van der Waals surface area contributed by atoms with Gasteiger partial charge in [-0.2, -0.15) is 0 Å². The van der Waals surface area contributed by atoms with Crippen molar-refractivity contribution in [2.45, 2.75) is 45.3 Å². The summed E-state index contributed by atoms with van der Waals surface area (Å²) in [6.45, 7) is 6.51. The summed E-state index contributed by atoms with van der Waals surface area (Å²) in [5.41, 5.74) is 0. The first kappa shape index (κ1) is 9.18. The van der Waals surface area contributed by atoms with E-state index in [4.69, 9.17) is 5.40 Å². The minimum Gasteiger partial charge on any atom is -0.285 e. The van der Waals surface area contributed by atoms with Gasteiger partial charge in [0, 0.05) is 0 Å². The van der Waals surface area contributed by atoms with E-state index in [9.17, 15) is 0 Å². The Labute approximate surface area is 59.7 Å². The molecule has 0 aromatic carbocycles. The molecule has 0 heterocycles. The number of nitrogens with one attached hydrogen (secondary N) is 1. The highest BCUT2D eigenvalue weighted by molar-refractivity contribution is 6.76. The third kappa shape index (κ3) is 3.01. The first-order chi connectivity index (χ1) is 4.18. The van der Waals surface area contributed by atoms with Crippen LogP contribution in [-0.4, -0.2) is 8.24 Å². The van der Waals surface area contributed by atoms with Gasteiger partial charge in [0.05, 0.1) is 0 Å². The Morgan fingerprint density at radius 1 is 1.11 bits per heavy atom. The summed E-state index contributed by atoms with van der Waals surface area (Å²) in [7, 11) is -1.45. The highest BCUT2D eigenvalue weighted by atomic mass is 28.3. The lowest BCUT2D eigenvalue weighted by Crippen LogP contribution is -2.33. The molecular formula is C7H18NSi. The molecule has 0 bridgehead atoms. The van der Waals surface area contributed by atoms with E-state index >= 15 is 0 Å². The third-order valence-corrected chi connectivity index (χ3v) is 6.25. The lowest BCUT2D eigenvalue weighted by molar-refractivity contribution is 0.996.